The summed E-state index contributed by atoms with van der Waals surface area (Å²) in [5.74, 6) is 11.5. The van der Waals surface area contributed by atoms with Crippen LogP contribution in [0.25, 0.3) is 0 Å². The zero-order chi connectivity index (χ0) is 6.15. The van der Waals surface area contributed by atoms with Gasteiger partial charge in [0, 0.05) is 6.92 Å². The van der Waals surface area contributed by atoms with E-state index in [-0.39, 0.29) is 0 Å². The fourth-order valence-corrected chi connectivity index (χ4v) is 0.493. The molecule has 4 heteroatoms. The van der Waals surface area contributed by atoms with Gasteiger partial charge in [-0.25, -0.2) is 0 Å². The van der Waals surface area contributed by atoms with Crippen molar-refractivity contribution in [3.63, 3.8) is 0 Å². The summed E-state index contributed by atoms with van der Waals surface area (Å²) in [6.45, 7) is 1.83. The molecule has 0 fully saturated rings. The zero-order valence-electron chi connectivity index (χ0n) is 4.70. The fourth-order valence-electron chi connectivity index (χ4n) is 0.493. The number of hydrogen-bond acceptors (Lipinski definition) is 2. The van der Waals surface area contributed by atoms with Crippen LogP contribution in [0.2, 0.25) is 0 Å². The topological polar surface area (TPSA) is 60.8 Å². The molecule has 0 saturated carbocycles. The second kappa shape index (κ2) is 1.40. The molecule has 0 radical (unpaired) electrons. The lowest BCUT2D eigenvalue weighted by Crippen LogP contribution is -2.46. The van der Waals surface area contributed by atoms with Crippen molar-refractivity contribution in [3.05, 3.63) is 18.2 Å². The van der Waals surface area contributed by atoms with E-state index in [2.05, 4.69) is 0 Å². The number of rotatable bonds is 0. The number of hydrogen-bond donors (Lipinski definition) is 2. The van der Waals surface area contributed by atoms with Crippen LogP contribution in [0.4, 0.5) is 0 Å². The lowest BCUT2D eigenvalue weighted by molar-refractivity contribution is -0.644. The van der Waals surface area contributed by atoms with Crippen molar-refractivity contribution in [1.82, 2.24) is 4.68 Å². The van der Waals surface area contributed by atoms with Gasteiger partial charge in [-0.2, -0.15) is 0 Å². The number of nitrogens with zero attached hydrogens (tertiary/aromatic N) is 2. The third-order valence-corrected chi connectivity index (χ3v) is 1.14. The third kappa shape index (κ3) is 0.501. The molecule has 0 atom stereocenters. The van der Waals surface area contributed by atoms with E-state index in [1.807, 2.05) is 6.92 Å². The first-order valence-electron chi connectivity index (χ1n) is 2.31. The van der Waals surface area contributed by atoms with Crippen molar-refractivity contribution in [3.8, 4) is 0 Å². The smallest absolute Gasteiger partial charge is 0.269 e. The zero-order valence-corrected chi connectivity index (χ0v) is 4.70. The first-order chi connectivity index (χ1) is 3.72. The van der Waals surface area contributed by atoms with E-state index < -0.39 is 0 Å². The largest absolute Gasteiger partial charge is 0.299 e. The summed E-state index contributed by atoms with van der Waals surface area (Å²) < 4.78 is 2.92. The maximum atomic E-state index is 5.36. The Hall–Kier alpha value is -1.19. The third-order valence-electron chi connectivity index (χ3n) is 1.14. The Morgan fingerprint density at radius 3 is 2.50 bits per heavy atom. The van der Waals surface area contributed by atoms with Crippen LogP contribution < -0.4 is 16.4 Å². The van der Waals surface area contributed by atoms with Gasteiger partial charge < -0.3 is 0 Å². The highest BCUT2D eigenvalue weighted by Crippen LogP contribution is 1.79. The minimum atomic E-state index is 0.824. The number of aromatic nitrogens is 2. The van der Waals surface area contributed by atoms with Gasteiger partial charge in [0.25, 0.3) is 5.82 Å². The molecule has 4 N–H and O–H groups in total. The lowest BCUT2D eigenvalue weighted by Gasteiger charge is -1.84. The average Bonchev–Trinajstić information content (AvgIpc) is 1.98. The van der Waals surface area contributed by atoms with E-state index in [0.29, 0.717) is 0 Å². The van der Waals surface area contributed by atoms with Crippen LogP contribution >= 0.6 is 0 Å². The first kappa shape index (κ1) is 4.96. The molecule has 4 nitrogen and oxygen atoms in total. The predicted octanol–water partition coefficient (Wildman–Crippen LogP) is -1.49. The molecule has 1 heterocycles. The molecule has 1 aromatic heterocycles. The second-order valence-electron chi connectivity index (χ2n) is 1.66. The number of nitrogens with two attached hydrogens (primary N) is 2. The summed E-state index contributed by atoms with van der Waals surface area (Å²) >= 11 is 0. The van der Waals surface area contributed by atoms with Gasteiger partial charge in [0.2, 0.25) is 0 Å². The second-order valence-corrected chi connectivity index (χ2v) is 1.66. The average molecular weight is 113 g/mol. The van der Waals surface area contributed by atoms with Crippen LogP contribution in [-0.4, -0.2) is 4.68 Å². The van der Waals surface area contributed by atoms with Gasteiger partial charge in [-0.15, -0.1) is 9.35 Å². The minimum Gasteiger partial charge on any atom is -0.269 e. The Balaban J connectivity index is 3.19. The van der Waals surface area contributed by atoms with E-state index in [1.54, 1.807) is 12.4 Å². The highest BCUT2D eigenvalue weighted by Gasteiger charge is 2.03. The fraction of sp³-hybridized carbons (Fsp3) is 0.250. The van der Waals surface area contributed by atoms with E-state index in [4.69, 9.17) is 11.7 Å². The lowest BCUT2D eigenvalue weighted by atomic mass is 10.7. The first-order valence-corrected chi connectivity index (χ1v) is 2.31. The quantitative estimate of drug-likeness (QED) is 0.318. The molecule has 0 saturated heterocycles. The van der Waals surface area contributed by atoms with Gasteiger partial charge in [0.1, 0.15) is 0 Å². The standard InChI is InChI=1S/C4H9N4/c1-4-7(5)2-3-8(4)6/h2-3H,5-6H2,1H3/q+1. The van der Waals surface area contributed by atoms with E-state index in [0.717, 1.165) is 5.82 Å². The molecule has 1 rings (SSSR count). The summed E-state index contributed by atoms with van der Waals surface area (Å²) in [7, 11) is 0. The van der Waals surface area contributed by atoms with Crippen molar-refractivity contribution in [1.29, 1.82) is 0 Å². The Morgan fingerprint density at radius 2 is 2.38 bits per heavy atom. The van der Waals surface area contributed by atoms with Crippen molar-refractivity contribution in [2.45, 2.75) is 6.92 Å². The van der Waals surface area contributed by atoms with Gasteiger partial charge in [-0.05, 0) is 0 Å². The minimum absolute atomic E-state index is 0.824. The van der Waals surface area contributed by atoms with E-state index >= 15 is 0 Å². The Labute approximate surface area is 47.3 Å². The van der Waals surface area contributed by atoms with Gasteiger partial charge >= 0.3 is 0 Å². The van der Waals surface area contributed by atoms with Gasteiger partial charge in [0.15, 0.2) is 12.4 Å². The molecule has 0 amide bonds. The van der Waals surface area contributed by atoms with Crippen LogP contribution in [0, 0.1) is 6.92 Å². The number of imidazole rings is 1. The van der Waals surface area contributed by atoms with Crippen molar-refractivity contribution >= 4 is 0 Å². The van der Waals surface area contributed by atoms with E-state index in [9.17, 15) is 0 Å². The molecular formula is C4H9N4+. The Morgan fingerprint density at radius 1 is 1.75 bits per heavy atom. The van der Waals surface area contributed by atoms with Crippen LogP contribution in [0.5, 0.6) is 0 Å². The van der Waals surface area contributed by atoms with Crippen molar-refractivity contribution in [2.75, 3.05) is 11.7 Å². The molecule has 0 spiro atoms. The van der Waals surface area contributed by atoms with Crippen LogP contribution in [0.3, 0.4) is 0 Å². The highest BCUT2D eigenvalue weighted by molar-refractivity contribution is 4.77. The Bertz CT molecular complexity index is 170. The maximum absolute atomic E-state index is 5.36. The SMILES string of the molecule is Cc1n(N)cc[n+]1N. The molecule has 44 valence electrons. The normalized spacial score (nSPS) is 9.62. The molecule has 1 aromatic rings. The molecule has 0 aliphatic rings. The summed E-state index contributed by atoms with van der Waals surface area (Å²) in [5.41, 5.74) is 0. The summed E-state index contributed by atoms with van der Waals surface area (Å²) in [4.78, 5) is 0. The monoisotopic (exact) mass is 113 g/mol. The van der Waals surface area contributed by atoms with Crippen LogP contribution in [0.15, 0.2) is 12.4 Å². The Kier molecular flexibility index (Phi) is 0.865. The highest BCUT2D eigenvalue weighted by atomic mass is 15.4. The van der Waals surface area contributed by atoms with Crippen LogP contribution in [-0.2, 0) is 0 Å². The van der Waals surface area contributed by atoms with Crippen LogP contribution in [0.1, 0.15) is 5.82 Å². The molecule has 0 bridgehead atoms. The van der Waals surface area contributed by atoms with Gasteiger partial charge in [-0.3, -0.25) is 11.7 Å². The molecule has 8 heavy (non-hydrogen) atoms. The van der Waals surface area contributed by atoms with Gasteiger partial charge in [-0.1, -0.05) is 0 Å². The molecule has 0 aromatic carbocycles. The maximum Gasteiger partial charge on any atom is 0.299 e. The summed E-state index contributed by atoms with van der Waals surface area (Å²) in [6.07, 6.45) is 3.38. The van der Waals surface area contributed by atoms with Crippen molar-refractivity contribution in [2.24, 2.45) is 0 Å². The predicted molar refractivity (Wildman–Crippen MR) is 29.7 cm³/mol. The molecular weight excluding hydrogens is 104 g/mol. The number of nitrogen functional groups attached to an aromatic ring is 2. The summed E-state index contributed by atoms with van der Waals surface area (Å²) in [5, 5.41) is 0. The van der Waals surface area contributed by atoms with Gasteiger partial charge in [0.05, 0.1) is 0 Å². The molecule has 0 unspecified atom stereocenters. The molecule has 0 aliphatic carbocycles. The summed E-state index contributed by atoms with van der Waals surface area (Å²) in [6, 6.07) is 0. The van der Waals surface area contributed by atoms with E-state index in [1.165, 1.54) is 9.35 Å². The van der Waals surface area contributed by atoms with Crippen molar-refractivity contribution < 1.29 is 4.68 Å². The molecule has 0 aliphatic heterocycles.